The third kappa shape index (κ3) is 1.67. The van der Waals surface area contributed by atoms with E-state index in [0.29, 0.717) is 11.3 Å². The molecule has 0 aromatic carbocycles. The second kappa shape index (κ2) is 3.92. The molecule has 3 aromatic rings. The molecule has 0 aliphatic heterocycles. The molecule has 3 rings (SSSR count). The van der Waals surface area contributed by atoms with Gasteiger partial charge in [-0.05, 0) is 12.1 Å². The van der Waals surface area contributed by atoms with Crippen LogP contribution in [0.4, 0.5) is 4.39 Å². The summed E-state index contributed by atoms with van der Waals surface area (Å²) in [4.78, 5) is 22.0. The van der Waals surface area contributed by atoms with Crippen molar-refractivity contribution in [3.05, 3.63) is 51.9 Å². The molecule has 5 nitrogen and oxygen atoms in total. The number of aromatic amines is 1. The van der Waals surface area contributed by atoms with Gasteiger partial charge in [0, 0.05) is 6.20 Å². The first-order chi connectivity index (χ1) is 8.65. The normalized spacial score (nSPS) is 11.0. The van der Waals surface area contributed by atoms with Crippen LogP contribution >= 0.6 is 11.6 Å². The van der Waals surface area contributed by atoms with Crippen LogP contribution in [0.15, 0.2) is 35.5 Å². The number of hydrogen-bond acceptors (Lipinski definition) is 3. The second-order valence-electron chi connectivity index (χ2n) is 3.63. The van der Waals surface area contributed by atoms with E-state index in [1.165, 1.54) is 35.1 Å². The van der Waals surface area contributed by atoms with Gasteiger partial charge in [0.05, 0.1) is 12.4 Å². The monoisotopic (exact) mass is 264 g/mol. The minimum absolute atomic E-state index is 0.00116. The summed E-state index contributed by atoms with van der Waals surface area (Å²) < 4.78 is 14.7. The maximum atomic E-state index is 13.2. The quantitative estimate of drug-likeness (QED) is 0.730. The van der Waals surface area contributed by atoms with Gasteiger partial charge in [-0.25, -0.2) is 14.4 Å². The number of fused-ring (bicyclic) bond motifs is 1. The number of imidazole rings is 1. The van der Waals surface area contributed by atoms with Gasteiger partial charge in [-0.1, -0.05) is 11.6 Å². The lowest BCUT2D eigenvalue weighted by Crippen LogP contribution is -2.09. The van der Waals surface area contributed by atoms with Crippen molar-refractivity contribution in [1.29, 1.82) is 0 Å². The van der Waals surface area contributed by atoms with Crippen LogP contribution in [0.3, 0.4) is 0 Å². The van der Waals surface area contributed by atoms with Crippen molar-refractivity contribution in [2.45, 2.75) is 0 Å². The Kier molecular flexibility index (Phi) is 2.38. The summed E-state index contributed by atoms with van der Waals surface area (Å²) in [6.45, 7) is 0. The molecule has 0 spiro atoms. The molecule has 0 fully saturated rings. The highest BCUT2D eigenvalue weighted by molar-refractivity contribution is 6.30. The highest BCUT2D eigenvalue weighted by atomic mass is 35.5. The average molecular weight is 265 g/mol. The van der Waals surface area contributed by atoms with E-state index >= 15 is 0 Å². The van der Waals surface area contributed by atoms with Crippen molar-refractivity contribution in [2.24, 2.45) is 0 Å². The topological polar surface area (TPSA) is 63.0 Å². The smallest absolute Gasteiger partial charge is 0.269 e. The molecule has 0 amide bonds. The van der Waals surface area contributed by atoms with E-state index in [0.717, 1.165) is 0 Å². The van der Waals surface area contributed by atoms with Crippen molar-refractivity contribution in [3.63, 3.8) is 0 Å². The summed E-state index contributed by atoms with van der Waals surface area (Å²) >= 11 is 5.60. The summed E-state index contributed by atoms with van der Waals surface area (Å²) in [5, 5.41) is -0.00116. The first-order valence-corrected chi connectivity index (χ1v) is 5.41. The van der Waals surface area contributed by atoms with Crippen molar-refractivity contribution in [2.75, 3.05) is 0 Å². The zero-order chi connectivity index (χ0) is 12.7. The number of H-pyrrole nitrogens is 1. The van der Waals surface area contributed by atoms with Gasteiger partial charge in [-0.15, -0.1) is 0 Å². The zero-order valence-electron chi connectivity index (χ0n) is 8.89. The van der Waals surface area contributed by atoms with Gasteiger partial charge in [0.1, 0.15) is 22.2 Å². The molecule has 3 aromatic heterocycles. The lowest BCUT2D eigenvalue weighted by molar-refractivity contribution is 0.619. The van der Waals surface area contributed by atoms with E-state index in [2.05, 4.69) is 15.0 Å². The van der Waals surface area contributed by atoms with Crippen LogP contribution in [0.25, 0.3) is 17.2 Å². The Hall–Kier alpha value is -2.21. The molecule has 3 heterocycles. The Balaban J connectivity index is 2.28. The van der Waals surface area contributed by atoms with Crippen LogP contribution in [-0.2, 0) is 0 Å². The Morgan fingerprint density at radius 3 is 2.89 bits per heavy atom. The molecule has 90 valence electrons. The summed E-state index contributed by atoms with van der Waals surface area (Å²) in [5.74, 6) is -0.124. The molecule has 0 radical (unpaired) electrons. The Morgan fingerprint density at radius 2 is 2.11 bits per heavy atom. The predicted octanol–water partition coefficient (Wildman–Crippen LogP) is 1.88. The highest BCUT2D eigenvalue weighted by Crippen LogP contribution is 2.16. The van der Waals surface area contributed by atoms with Gasteiger partial charge in [0.15, 0.2) is 5.82 Å². The molecular weight excluding hydrogens is 259 g/mol. The van der Waals surface area contributed by atoms with Crippen LogP contribution in [0, 0.1) is 5.82 Å². The molecule has 0 aliphatic carbocycles. The number of aromatic nitrogens is 4. The third-order valence-electron chi connectivity index (χ3n) is 2.47. The maximum Gasteiger partial charge on any atom is 0.269 e. The van der Waals surface area contributed by atoms with E-state index in [1.807, 2.05) is 0 Å². The Morgan fingerprint density at radius 1 is 1.28 bits per heavy atom. The van der Waals surface area contributed by atoms with Crippen LogP contribution in [-0.4, -0.2) is 19.4 Å². The van der Waals surface area contributed by atoms with Crippen LogP contribution in [0.2, 0.25) is 5.02 Å². The molecule has 0 saturated heterocycles. The molecule has 1 N–H and O–H groups in total. The molecule has 0 atom stereocenters. The van der Waals surface area contributed by atoms with Crippen LogP contribution in [0.1, 0.15) is 0 Å². The summed E-state index contributed by atoms with van der Waals surface area (Å²) in [7, 11) is 0. The van der Waals surface area contributed by atoms with E-state index in [-0.39, 0.29) is 10.8 Å². The number of nitrogens with zero attached hydrogens (tertiary/aromatic N) is 3. The van der Waals surface area contributed by atoms with Crippen LogP contribution < -0.4 is 5.56 Å². The summed E-state index contributed by atoms with van der Waals surface area (Å²) in [6.07, 6.45) is 4.02. The van der Waals surface area contributed by atoms with Gasteiger partial charge in [0.2, 0.25) is 0 Å². The molecule has 0 unspecified atom stereocenters. The minimum atomic E-state index is -0.451. The second-order valence-corrected chi connectivity index (χ2v) is 4.04. The van der Waals surface area contributed by atoms with E-state index in [1.54, 1.807) is 0 Å². The van der Waals surface area contributed by atoms with Gasteiger partial charge in [-0.3, -0.25) is 9.20 Å². The maximum absolute atomic E-state index is 13.2. The van der Waals surface area contributed by atoms with Gasteiger partial charge >= 0.3 is 0 Å². The SMILES string of the molecule is O=c1[nH]c(-c2cnc3ccc(F)cn23)ncc1Cl. The molecule has 0 aliphatic rings. The van der Waals surface area contributed by atoms with Crippen molar-refractivity contribution < 1.29 is 4.39 Å². The first kappa shape index (κ1) is 10.9. The molecule has 0 saturated carbocycles. The molecule has 18 heavy (non-hydrogen) atoms. The fraction of sp³-hybridized carbons (Fsp3) is 0. The lowest BCUT2D eigenvalue weighted by atomic mass is 10.4. The fourth-order valence-corrected chi connectivity index (χ4v) is 1.74. The minimum Gasteiger partial charge on any atom is -0.304 e. The van der Waals surface area contributed by atoms with E-state index in [4.69, 9.17) is 11.6 Å². The van der Waals surface area contributed by atoms with E-state index in [9.17, 15) is 9.18 Å². The van der Waals surface area contributed by atoms with Crippen molar-refractivity contribution in [3.8, 4) is 11.5 Å². The predicted molar refractivity (Wildman–Crippen MR) is 64.0 cm³/mol. The number of halogens is 2. The zero-order valence-corrected chi connectivity index (χ0v) is 9.65. The molecular formula is C11H6ClFN4O. The van der Waals surface area contributed by atoms with Gasteiger partial charge in [-0.2, -0.15) is 0 Å². The molecule has 7 heteroatoms. The van der Waals surface area contributed by atoms with Gasteiger partial charge < -0.3 is 4.98 Å². The Bertz CT molecular complexity index is 795. The van der Waals surface area contributed by atoms with Gasteiger partial charge in [0.25, 0.3) is 5.56 Å². The van der Waals surface area contributed by atoms with E-state index < -0.39 is 11.4 Å². The molecule has 0 bridgehead atoms. The largest absolute Gasteiger partial charge is 0.304 e. The van der Waals surface area contributed by atoms with Crippen molar-refractivity contribution in [1.82, 2.24) is 19.4 Å². The standard InChI is InChI=1S/C11H6ClFN4O/c12-7-3-15-10(16-11(7)18)8-4-14-9-2-1-6(13)5-17(8)9/h1-5H,(H,15,16,18). The van der Waals surface area contributed by atoms with Crippen LogP contribution in [0.5, 0.6) is 0 Å². The Labute approximate surface area is 105 Å². The van der Waals surface area contributed by atoms with Crippen molar-refractivity contribution >= 4 is 17.2 Å². The first-order valence-electron chi connectivity index (χ1n) is 5.03. The lowest BCUT2D eigenvalue weighted by Gasteiger charge is -2.01. The average Bonchev–Trinajstić information content (AvgIpc) is 2.75. The number of pyridine rings is 1. The number of hydrogen-bond donors (Lipinski definition) is 1. The summed E-state index contributed by atoms with van der Waals surface area (Å²) in [6, 6.07) is 2.84. The number of nitrogens with one attached hydrogen (secondary N) is 1. The summed E-state index contributed by atoms with van der Waals surface area (Å²) in [5.41, 5.74) is 0.593. The third-order valence-corrected chi connectivity index (χ3v) is 2.74. The fourth-order valence-electron chi connectivity index (χ4n) is 1.64. The number of rotatable bonds is 1. The highest BCUT2D eigenvalue weighted by Gasteiger charge is 2.09.